The zero-order valence-electron chi connectivity index (χ0n) is 13.1. The molecular formula is C16H18ClN3O2S. The number of hydrogen-bond donors (Lipinski definition) is 2. The fraction of sp³-hybridized carbons (Fsp3) is 0.312. The first-order valence-electron chi connectivity index (χ1n) is 7.19. The molecule has 0 bridgehead atoms. The number of aromatic amines is 1. The molecule has 1 heterocycles. The largest absolute Gasteiger partial charge is 0.325 e. The Balaban J connectivity index is 2.06. The van der Waals surface area contributed by atoms with Gasteiger partial charge in [0, 0.05) is 16.8 Å². The summed E-state index contributed by atoms with van der Waals surface area (Å²) in [6, 6.07) is 8.36. The van der Waals surface area contributed by atoms with Gasteiger partial charge in [0.2, 0.25) is 5.91 Å². The van der Waals surface area contributed by atoms with Crippen molar-refractivity contribution in [1.82, 2.24) is 9.97 Å². The maximum atomic E-state index is 12.2. The van der Waals surface area contributed by atoms with E-state index < -0.39 is 5.25 Å². The highest BCUT2D eigenvalue weighted by atomic mass is 35.5. The lowest BCUT2D eigenvalue weighted by atomic mass is 10.1. The molecule has 7 heteroatoms. The smallest absolute Gasteiger partial charge is 0.251 e. The molecule has 2 rings (SSSR count). The standard InChI is InChI=1S/C16H18ClN3O2S/c1-9(2)13-8-14(21)20-16(19-13)23-10(3)15(22)18-12-6-4-11(17)5-7-12/h4-10H,1-3H3,(H,18,22)(H,19,20,21). The Bertz CT molecular complexity index is 744. The number of H-pyrrole nitrogens is 1. The predicted octanol–water partition coefficient (Wildman–Crippen LogP) is 3.67. The van der Waals surface area contributed by atoms with Crippen LogP contribution in [0.15, 0.2) is 40.3 Å². The molecule has 0 aliphatic heterocycles. The Hall–Kier alpha value is -1.79. The second-order valence-electron chi connectivity index (χ2n) is 5.39. The summed E-state index contributed by atoms with van der Waals surface area (Å²) in [5, 5.41) is 3.45. The van der Waals surface area contributed by atoms with Crippen LogP contribution in [-0.4, -0.2) is 21.1 Å². The van der Waals surface area contributed by atoms with E-state index in [9.17, 15) is 9.59 Å². The van der Waals surface area contributed by atoms with Gasteiger partial charge in [-0.1, -0.05) is 37.2 Å². The lowest BCUT2D eigenvalue weighted by Crippen LogP contribution is -2.23. The number of carbonyl (C=O) groups excluding carboxylic acids is 1. The van der Waals surface area contributed by atoms with Crippen LogP contribution < -0.4 is 10.9 Å². The molecule has 23 heavy (non-hydrogen) atoms. The third-order valence-electron chi connectivity index (χ3n) is 3.10. The lowest BCUT2D eigenvalue weighted by Gasteiger charge is -2.12. The number of anilines is 1. The number of aromatic nitrogens is 2. The van der Waals surface area contributed by atoms with Crippen LogP contribution >= 0.6 is 23.4 Å². The Kier molecular flexibility index (Phi) is 5.85. The van der Waals surface area contributed by atoms with Gasteiger partial charge in [0.25, 0.3) is 5.56 Å². The van der Waals surface area contributed by atoms with Gasteiger partial charge in [-0.15, -0.1) is 0 Å². The van der Waals surface area contributed by atoms with E-state index in [0.717, 1.165) is 0 Å². The molecule has 2 aromatic rings. The van der Waals surface area contributed by atoms with Gasteiger partial charge >= 0.3 is 0 Å². The monoisotopic (exact) mass is 351 g/mol. The van der Waals surface area contributed by atoms with Crippen molar-refractivity contribution < 1.29 is 4.79 Å². The molecule has 0 spiro atoms. The summed E-state index contributed by atoms with van der Waals surface area (Å²) in [6.07, 6.45) is 0. The van der Waals surface area contributed by atoms with E-state index in [0.29, 0.717) is 21.6 Å². The molecule has 1 aromatic heterocycles. The number of halogens is 1. The van der Waals surface area contributed by atoms with E-state index in [1.54, 1.807) is 31.2 Å². The number of amides is 1. The number of nitrogens with one attached hydrogen (secondary N) is 2. The van der Waals surface area contributed by atoms with Gasteiger partial charge in [-0.25, -0.2) is 4.98 Å². The molecule has 0 radical (unpaired) electrons. The van der Waals surface area contributed by atoms with Crippen molar-refractivity contribution in [1.29, 1.82) is 0 Å². The van der Waals surface area contributed by atoms with Crippen LogP contribution in [0.3, 0.4) is 0 Å². The second kappa shape index (κ2) is 7.66. The van der Waals surface area contributed by atoms with Crippen molar-refractivity contribution in [3.8, 4) is 0 Å². The van der Waals surface area contributed by atoms with Gasteiger partial charge in [-0.2, -0.15) is 0 Å². The van der Waals surface area contributed by atoms with Gasteiger partial charge in [-0.3, -0.25) is 9.59 Å². The number of hydrogen-bond acceptors (Lipinski definition) is 4. The molecule has 122 valence electrons. The highest BCUT2D eigenvalue weighted by molar-refractivity contribution is 8.00. The van der Waals surface area contributed by atoms with Crippen molar-refractivity contribution in [2.45, 2.75) is 37.1 Å². The van der Waals surface area contributed by atoms with Crippen LogP contribution in [0.1, 0.15) is 32.4 Å². The minimum atomic E-state index is -0.406. The van der Waals surface area contributed by atoms with Crippen LogP contribution in [0.4, 0.5) is 5.69 Å². The number of rotatable bonds is 5. The number of benzene rings is 1. The Morgan fingerprint density at radius 2 is 1.91 bits per heavy atom. The summed E-state index contributed by atoms with van der Waals surface area (Å²) in [4.78, 5) is 30.9. The van der Waals surface area contributed by atoms with E-state index >= 15 is 0 Å². The first-order valence-corrected chi connectivity index (χ1v) is 8.45. The van der Waals surface area contributed by atoms with E-state index in [2.05, 4.69) is 15.3 Å². The van der Waals surface area contributed by atoms with Crippen LogP contribution in [-0.2, 0) is 4.79 Å². The zero-order chi connectivity index (χ0) is 17.0. The molecule has 1 aromatic carbocycles. The number of nitrogens with zero attached hydrogens (tertiary/aromatic N) is 1. The zero-order valence-corrected chi connectivity index (χ0v) is 14.7. The summed E-state index contributed by atoms with van der Waals surface area (Å²) in [7, 11) is 0. The van der Waals surface area contributed by atoms with E-state index in [-0.39, 0.29) is 17.4 Å². The highest BCUT2D eigenvalue weighted by Gasteiger charge is 2.17. The first-order chi connectivity index (χ1) is 10.8. The van der Waals surface area contributed by atoms with Crippen molar-refractivity contribution in [2.24, 2.45) is 0 Å². The summed E-state index contributed by atoms with van der Waals surface area (Å²) < 4.78 is 0. The van der Waals surface area contributed by atoms with Crippen LogP contribution in [0.5, 0.6) is 0 Å². The van der Waals surface area contributed by atoms with Crippen molar-refractivity contribution >= 4 is 35.0 Å². The number of carbonyl (C=O) groups is 1. The quantitative estimate of drug-likeness (QED) is 0.636. The Morgan fingerprint density at radius 1 is 1.26 bits per heavy atom. The minimum absolute atomic E-state index is 0.148. The molecule has 0 saturated heterocycles. The van der Waals surface area contributed by atoms with Crippen LogP contribution in [0.2, 0.25) is 5.02 Å². The molecule has 0 saturated carbocycles. The molecule has 1 atom stereocenters. The fourth-order valence-corrected chi connectivity index (χ4v) is 2.75. The first kappa shape index (κ1) is 17.6. The maximum absolute atomic E-state index is 12.2. The highest BCUT2D eigenvalue weighted by Crippen LogP contribution is 2.22. The summed E-state index contributed by atoms with van der Waals surface area (Å²) in [5.41, 5.74) is 1.17. The molecule has 1 amide bonds. The second-order valence-corrected chi connectivity index (χ2v) is 7.15. The normalized spacial score (nSPS) is 12.2. The molecule has 5 nitrogen and oxygen atoms in total. The van der Waals surface area contributed by atoms with Crippen LogP contribution in [0, 0.1) is 0 Å². The topological polar surface area (TPSA) is 74.8 Å². The van der Waals surface area contributed by atoms with E-state index in [1.165, 1.54) is 17.8 Å². The average Bonchev–Trinajstić information content (AvgIpc) is 2.48. The van der Waals surface area contributed by atoms with Gasteiger partial charge in [0.1, 0.15) is 0 Å². The summed E-state index contributed by atoms with van der Waals surface area (Å²) in [6.45, 7) is 5.69. The third kappa shape index (κ3) is 5.11. The Morgan fingerprint density at radius 3 is 2.52 bits per heavy atom. The fourth-order valence-electron chi connectivity index (χ4n) is 1.80. The average molecular weight is 352 g/mol. The summed E-state index contributed by atoms with van der Waals surface area (Å²) >= 11 is 7.03. The third-order valence-corrected chi connectivity index (χ3v) is 4.34. The van der Waals surface area contributed by atoms with Gasteiger partial charge < -0.3 is 10.3 Å². The molecule has 1 unspecified atom stereocenters. The minimum Gasteiger partial charge on any atom is -0.325 e. The molecule has 0 aliphatic rings. The SMILES string of the molecule is CC(Sc1nc(C(C)C)cc(=O)[nH]1)C(=O)Nc1ccc(Cl)cc1. The van der Waals surface area contributed by atoms with E-state index in [4.69, 9.17) is 11.6 Å². The van der Waals surface area contributed by atoms with Crippen molar-refractivity contribution in [3.05, 3.63) is 51.4 Å². The number of thioether (sulfide) groups is 1. The van der Waals surface area contributed by atoms with Gasteiger partial charge in [0.05, 0.1) is 10.9 Å². The van der Waals surface area contributed by atoms with E-state index in [1.807, 2.05) is 13.8 Å². The predicted molar refractivity (Wildman–Crippen MR) is 94.3 cm³/mol. The van der Waals surface area contributed by atoms with Gasteiger partial charge in [-0.05, 0) is 37.1 Å². The molecule has 0 fully saturated rings. The molecular weight excluding hydrogens is 334 g/mol. The van der Waals surface area contributed by atoms with Crippen LogP contribution in [0.25, 0.3) is 0 Å². The van der Waals surface area contributed by atoms with Crippen molar-refractivity contribution in [2.75, 3.05) is 5.32 Å². The lowest BCUT2D eigenvalue weighted by molar-refractivity contribution is -0.115. The van der Waals surface area contributed by atoms with Gasteiger partial charge in [0.15, 0.2) is 5.16 Å². The van der Waals surface area contributed by atoms with Crippen molar-refractivity contribution in [3.63, 3.8) is 0 Å². The maximum Gasteiger partial charge on any atom is 0.251 e. The summed E-state index contributed by atoms with van der Waals surface area (Å²) in [5.74, 6) is -0.0234. The Labute approximate surface area is 143 Å². The molecule has 2 N–H and O–H groups in total. The molecule has 0 aliphatic carbocycles.